The first kappa shape index (κ1) is 25.5. The summed E-state index contributed by atoms with van der Waals surface area (Å²) < 4.78 is 64.0. The number of nitrogens with one attached hydrogen (secondary N) is 1. The number of aliphatic hydroxyl groups is 1. The Morgan fingerprint density at radius 3 is 2.61 bits per heavy atom. The van der Waals surface area contributed by atoms with Gasteiger partial charge in [-0.1, -0.05) is 0 Å². The van der Waals surface area contributed by atoms with E-state index in [1.54, 1.807) is 26.8 Å². The van der Waals surface area contributed by atoms with Crippen LogP contribution >= 0.6 is 0 Å². The summed E-state index contributed by atoms with van der Waals surface area (Å²) in [4.78, 5) is 22.5. The van der Waals surface area contributed by atoms with E-state index in [2.05, 4.69) is 15.4 Å². The normalized spacial score (nSPS) is 16.9. The Balaban J connectivity index is 1.69. The van der Waals surface area contributed by atoms with E-state index in [4.69, 9.17) is 4.98 Å². The number of alkyl halides is 5. The topological polar surface area (TPSA) is 96.2 Å². The summed E-state index contributed by atoms with van der Waals surface area (Å²) >= 11 is 0. The van der Waals surface area contributed by atoms with Gasteiger partial charge in [0.15, 0.2) is 6.23 Å². The molecule has 1 aliphatic rings. The number of carbonyl (C=O) groups is 1. The summed E-state index contributed by atoms with van der Waals surface area (Å²) in [7, 11) is 0. The number of carbonyl (C=O) groups excluding carboxylic acids is 1. The molecule has 1 unspecified atom stereocenters. The number of fused-ring (bicyclic) bond motifs is 1. The number of halogens is 5. The number of aromatic nitrogens is 4. The molecule has 4 rings (SSSR count). The molecule has 0 saturated carbocycles. The van der Waals surface area contributed by atoms with Gasteiger partial charge in [-0.3, -0.25) is 14.5 Å². The lowest BCUT2D eigenvalue weighted by atomic mass is 9.95. The van der Waals surface area contributed by atoms with Gasteiger partial charge in [0.2, 0.25) is 0 Å². The molecule has 0 aliphatic carbocycles. The van der Waals surface area contributed by atoms with Gasteiger partial charge in [-0.2, -0.15) is 18.3 Å². The van der Waals surface area contributed by atoms with Gasteiger partial charge < -0.3 is 15.3 Å². The molecular formula is C23H23F5N6O2. The second-order valence-electron chi connectivity index (χ2n) is 8.96. The molecule has 1 atom stereocenters. The second-order valence-corrected chi connectivity index (χ2v) is 8.96. The fraction of sp³-hybridized carbons (Fsp3) is 0.391. The van der Waals surface area contributed by atoms with Gasteiger partial charge in [0.25, 0.3) is 12.3 Å². The Bertz CT molecular complexity index is 1290. The van der Waals surface area contributed by atoms with Crippen molar-refractivity contribution in [3.05, 3.63) is 59.3 Å². The van der Waals surface area contributed by atoms with Crippen molar-refractivity contribution in [2.24, 2.45) is 0 Å². The van der Waals surface area contributed by atoms with Crippen LogP contribution in [0, 0.1) is 6.92 Å². The van der Waals surface area contributed by atoms with E-state index >= 15 is 0 Å². The first-order valence-corrected chi connectivity index (χ1v) is 10.9. The molecule has 0 saturated heterocycles. The van der Waals surface area contributed by atoms with Crippen molar-refractivity contribution in [1.29, 1.82) is 0 Å². The highest BCUT2D eigenvalue weighted by Gasteiger charge is 2.46. The monoisotopic (exact) mass is 510 g/mol. The highest BCUT2D eigenvalue weighted by molar-refractivity contribution is 5.95. The lowest BCUT2D eigenvalue weighted by Crippen LogP contribution is -2.38. The van der Waals surface area contributed by atoms with E-state index < -0.39 is 43.4 Å². The number of nitrogens with zero attached hydrogens (tertiary/aromatic N) is 5. The van der Waals surface area contributed by atoms with Gasteiger partial charge in [0, 0.05) is 29.7 Å². The number of rotatable bonds is 6. The molecule has 8 nitrogen and oxygen atoms in total. The molecule has 3 aromatic rings. The van der Waals surface area contributed by atoms with Crippen molar-refractivity contribution in [3.63, 3.8) is 0 Å². The summed E-state index contributed by atoms with van der Waals surface area (Å²) in [6, 6.07) is 3.16. The Morgan fingerprint density at radius 2 is 1.94 bits per heavy atom. The highest BCUT2D eigenvalue weighted by Crippen LogP contribution is 2.48. The standard InChI is InChI=1S/C23H23F5N6O2/c1-12-4-16(13-5-14(7-29-6-13)20(35)30-9-17(24)25)32-19-18(12)21(36)34(22(19,2)3)15-8-31-33(10-15)11-23(26,27)28/h4-8,10,17,21,36H,9,11H2,1-3H3,(H,30,35). The van der Waals surface area contributed by atoms with Gasteiger partial charge >= 0.3 is 6.18 Å². The molecule has 192 valence electrons. The molecule has 1 aliphatic heterocycles. The van der Waals surface area contributed by atoms with Crippen LogP contribution in [0.1, 0.15) is 47.3 Å². The smallest absolute Gasteiger partial charge is 0.369 e. The van der Waals surface area contributed by atoms with E-state index in [-0.39, 0.29) is 11.3 Å². The third-order valence-corrected chi connectivity index (χ3v) is 5.90. The third-order valence-electron chi connectivity index (χ3n) is 5.90. The molecule has 0 radical (unpaired) electrons. The van der Waals surface area contributed by atoms with Crippen LogP contribution in [0.3, 0.4) is 0 Å². The second kappa shape index (κ2) is 9.12. The number of hydrogen-bond acceptors (Lipinski definition) is 6. The van der Waals surface area contributed by atoms with E-state index in [9.17, 15) is 31.9 Å². The van der Waals surface area contributed by atoms with Crippen LogP contribution in [0.4, 0.5) is 27.6 Å². The van der Waals surface area contributed by atoms with Crippen LogP contribution in [-0.2, 0) is 12.1 Å². The molecular weight excluding hydrogens is 487 g/mol. The van der Waals surface area contributed by atoms with Gasteiger partial charge in [-0.15, -0.1) is 0 Å². The highest BCUT2D eigenvalue weighted by atomic mass is 19.4. The lowest BCUT2D eigenvalue weighted by molar-refractivity contribution is -0.142. The van der Waals surface area contributed by atoms with Crippen LogP contribution in [0.25, 0.3) is 11.3 Å². The molecule has 0 spiro atoms. The van der Waals surface area contributed by atoms with Crippen molar-refractivity contribution in [2.75, 3.05) is 11.4 Å². The average molecular weight is 510 g/mol. The van der Waals surface area contributed by atoms with Crippen molar-refractivity contribution in [1.82, 2.24) is 25.1 Å². The van der Waals surface area contributed by atoms with Gasteiger partial charge in [0.1, 0.15) is 6.54 Å². The van der Waals surface area contributed by atoms with E-state index in [1.165, 1.54) is 35.8 Å². The Labute approximate surface area is 202 Å². The van der Waals surface area contributed by atoms with Crippen molar-refractivity contribution in [2.45, 2.75) is 51.7 Å². The molecule has 3 aromatic heterocycles. The molecule has 2 N–H and O–H groups in total. The lowest BCUT2D eigenvalue weighted by Gasteiger charge is -2.34. The third kappa shape index (κ3) is 4.87. The minimum Gasteiger partial charge on any atom is -0.369 e. The zero-order valence-electron chi connectivity index (χ0n) is 19.5. The first-order valence-electron chi connectivity index (χ1n) is 10.9. The molecule has 36 heavy (non-hydrogen) atoms. The maximum atomic E-state index is 12.8. The number of aryl methyl sites for hydroxylation is 1. The molecule has 0 aromatic carbocycles. The van der Waals surface area contributed by atoms with Crippen LogP contribution in [0.15, 0.2) is 36.9 Å². The van der Waals surface area contributed by atoms with E-state index in [0.29, 0.717) is 28.1 Å². The zero-order valence-corrected chi connectivity index (χ0v) is 19.5. The fourth-order valence-corrected chi connectivity index (χ4v) is 4.36. The molecule has 0 bridgehead atoms. The predicted octanol–water partition coefficient (Wildman–Crippen LogP) is 3.95. The minimum absolute atomic E-state index is 0.0751. The van der Waals surface area contributed by atoms with Gasteiger partial charge in [-0.05, 0) is 38.5 Å². The number of aliphatic hydroxyl groups excluding tert-OH is 1. The number of amides is 1. The van der Waals surface area contributed by atoms with Gasteiger partial charge in [0.05, 0.1) is 40.9 Å². The van der Waals surface area contributed by atoms with Crippen LogP contribution in [0.2, 0.25) is 0 Å². The Morgan fingerprint density at radius 1 is 1.22 bits per heavy atom. The number of pyridine rings is 2. The summed E-state index contributed by atoms with van der Waals surface area (Å²) in [6.45, 7) is 3.24. The number of anilines is 1. The molecule has 1 amide bonds. The Kier molecular flexibility index (Phi) is 6.45. The molecule has 13 heteroatoms. The summed E-state index contributed by atoms with van der Waals surface area (Å²) in [5.74, 6) is -0.708. The van der Waals surface area contributed by atoms with Crippen molar-refractivity contribution < 1.29 is 31.9 Å². The Hall–Kier alpha value is -3.61. The first-order chi connectivity index (χ1) is 16.8. The van der Waals surface area contributed by atoms with E-state index in [0.717, 1.165) is 4.68 Å². The summed E-state index contributed by atoms with van der Waals surface area (Å²) in [6.07, 6.45) is -3.14. The van der Waals surface area contributed by atoms with Crippen molar-refractivity contribution in [3.8, 4) is 11.3 Å². The minimum atomic E-state index is -4.45. The largest absolute Gasteiger partial charge is 0.408 e. The van der Waals surface area contributed by atoms with Crippen molar-refractivity contribution >= 4 is 11.6 Å². The molecule has 0 fully saturated rings. The quantitative estimate of drug-likeness (QED) is 0.488. The molecule has 4 heterocycles. The fourth-order valence-electron chi connectivity index (χ4n) is 4.36. The van der Waals surface area contributed by atoms with Crippen LogP contribution in [-0.4, -0.2) is 49.9 Å². The summed E-state index contributed by atoms with van der Waals surface area (Å²) in [5, 5.41) is 17.0. The SMILES string of the molecule is Cc1cc(-c2cncc(C(=O)NCC(F)F)c2)nc2c1C(O)N(c1cnn(CC(F)(F)F)c1)C2(C)C. The average Bonchev–Trinajstić information content (AvgIpc) is 3.30. The van der Waals surface area contributed by atoms with Gasteiger partial charge in [-0.25, -0.2) is 13.8 Å². The predicted molar refractivity (Wildman–Crippen MR) is 119 cm³/mol. The van der Waals surface area contributed by atoms with E-state index in [1.807, 2.05) is 0 Å². The van der Waals surface area contributed by atoms with Crippen LogP contribution < -0.4 is 10.2 Å². The summed E-state index contributed by atoms with van der Waals surface area (Å²) in [5.41, 5.74) is 1.95. The number of hydrogen-bond donors (Lipinski definition) is 2. The van der Waals surface area contributed by atoms with Crippen LogP contribution in [0.5, 0.6) is 0 Å². The maximum Gasteiger partial charge on any atom is 0.408 e. The maximum absolute atomic E-state index is 12.8. The zero-order chi connectivity index (χ0) is 26.4.